The van der Waals surface area contributed by atoms with Crippen molar-refractivity contribution in [2.24, 2.45) is 29.4 Å². The molecule has 0 heterocycles. The van der Waals surface area contributed by atoms with Crippen LogP contribution in [0.15, 0.2) is 30.3 Å². The van der Waals surface area contributed by atoms with Crippen LogP contribution in [0.1, 0.15) is 55.6 Å². The molecule has 3 aliphatic carbocycles. The van der Waals surface area contributed by atoms with E-state index in [9.17, 15) is 39.3 Å². The van der Waals surface area contributed by atoms with Crippen LogP contribution in [0.2, 0.25) is 0 Å². The van der Waals surface area contributed by atoms with Crippen LogP contribution in [0.3, 0.4) is 0 Å². The SMILES string of the molecule is CCOc1ccc(-c2ccc(O)c3c2C[C@@H]2C[C@@H]4[C@@H](N(C)C)C(O)C(C(N)=O)C(=O)[C@]4(O)C(=O)C2C3=O)cc1CNC(=O)NC(C)(C)C. The average Bonchev–Trinajstić information content (AvgIpc) is 2.97. The first-order valence-electron chi connectivity index (χ1n) is 16.1. The van der Waals surface area contributed by atoms with E-state index >= 15 is 0 Å². The normalized spacial score (nSPS) is 28.3. The molecule has 3 aliphatic rings. The molecule has 0 aliphatic heterocycles. The summed E-state index contributed by atoms with van der Waals surface area (Å²) < 4.78 is 5.81. The van der Waals surface area contributed by atoms with Gasteiger partial charge in [-0.15, -0.1) is 0 Å². The van der Waals surface area contributed by atoms with Crippen molar-refractivity contribution in [2.45, 2.75) is 70.4 Å². The molecule has 0 aromatic heterocycles. The summed E-state index contributed by atoms with van der Waals surface area (Å²) in [5, 5.41) is 39.6. The second-order valence-corrected chi connectivity index (χ2v) is 14.3. The lowest BCUT2D eigenvalue weighted by Crippen LogP contribution is -2.75. The van der Waals surface area contributed by atoms with Gasteiger partial charge in [0.25, 0.3) is 0 Å². The molecule has 48 heavy (non-hydrogen) atoms. The number of likely N-dealkylation sites (N-methyl/N-ethyl adjacent to an activating group) is 1. The number of urea groups is 1. The van der Waals surface area contributed by atoms with Crippen molar-refractivity contribution in [1.82, 2.24) is 15.5 Å². The Hall–Kier alpha value is -4.33. The van der Waals surface area contributed by atoms with Crippen molar-refractivity contribution in [1.29, 1.82) is 0 Å². The molecule has 258 valence electrons. The number of phenolic OH excluding ortho intramolecular Hbond substituents is 1. The van der Waals surface area contributed by atoms with Crippen LogP contribution in [0.5, 0.6) is 11.5 Å². The second-order valence-electron chi connectivity index (χ2n) is 14.3. The summed E-state index contributed by atoms with van der Waals surface area (Å²) in [5.74, 6) is -9.08. The van der Waals surface area contributed by atoms with E-state index in [4.69, 9.17) is 10.5 Å². The van der Waals surface area contributed by atoms with Crippen LogP contribution in [0.4, 0.5) is 4.79 Å². The molecule has 5 rings (SSSR count). The van der Waals surface area contributed by atoms with Crippen LogP contribution in [0, 0.1) is 23.7 Å². The van der Waals surface area contributed by atoms with Crippen molar-refractivity contribution >= 4 is 29.3 Å². The maximum atomic E-state index is 14.2. The van der Waals surface area contributed by atoms with Gasteiger partial charge in [-0.1, -0.05) is 12.1 Å². The van der Waals surface area contributed by atoms with Crippen LogP contribution in [-0.4, -0.2) is 93.5 Å². The molecule has 2 saturated carbocycles. The molecule has 13 nitrogen and oxygen atoms in total. The molecule has 0 bridgehead atoms. The van der Waals surface area contributed by atoms with E-state index in [0.717, 1.165) is 0 Å². The molecule has 0 radical (unpaired) electrons. The number of ketones is 3. The summed E-state index contributed by atoms with van der Waals surface area (Å²) in [5.41, 5.74) is 4.65. The third kappa shape index (κ3) is 5.84. The molecule has 2 aromatic carbocycles. The van der Waals surface area contributed by atoms with Gasteiger partial charge in [0.15, 0.2) is 23.0 Å². The predicted octanol–water partition coefficient (Wildman–Crippen LogP) is 1.32. The highest BCUT2D eigenvalue weighted by molar-refractivity contribution is 6.25. The quantitative estimate of drug-likeness (QED) is 0.234. The minimum atomic E-state index is -2.73. The molecule has 3 amide bonds. The number of nitrogens with one attached hydrogen (secondary N) is 2. The Bertz CT molecular complexity index is 1680. The van der Waals surface area contributed by atoms with E-state index in [1.807, 2.05) is 33.8 Å². The highest BCUT2D eigenvalue weighted by Crippen LogP contribution is 2.52. The molecule has 7 N–H and O–H groups in total. The average molecular weight is 665 g/mol. The lowest BCUT2D eigenvalue weighted by molar-refractivity contribution is -0.190. The number of nitrogens with two attached hydrogens (primary N) is 1. The van der Waals surface area contributed by atoms with Crippen molar-refractivity contribution in [3.63, 3.8) is 0 Å². The minimum Gasteiger partial charge on any atom is -0.507 e. The molecule has 0 saturated heterocycles. The summed E-state index contributed by atoms with van der Waals surface area (Å²) in [6, 6.07) is 7.08. The van der Waals surface area contributed by atoms with Crippen LogP contribution in [0.25, 0.3) is 11.1 Å². The number of hydrogen-bond donors (Lipinski definition) is 6. The Labute approximate surface area is 278 Å². The maximum absolute atomic E-state index is 14.2. The number of carbonyl (C=O) groups is 5. The number of benzene rings is 2. The summed E-state index contributed by atoms with van der Waals surface area (Å²) in [6.45, 7) is 7.97. The number of phenols is 1. The Morgan fingerprint density at radius 3 is 2.40 bits per heavy atom. The van der Waals surface area contributed by atoms with Gasteiger partial charge in [0.2, 0.25) is 5.91 Å². The number of Topliss-reactive ketones (excluding diaryl/α,β-unsaturated/α-hetero) is 3. The third-order valence-corrected chi connectivity index (χ3v) is 9.77. The van der Waals surface area contributed by atoms with Gasteiger partial charge in [-0.25, -0.2) is 4.79 Å². The molecule has 0 spiro atoms. The number of carbonyl (C=O) groups excluding carboxylic acids is 5. The topological polar surface area (TPSA) is 209 Å². The zero-order chi connectivity index (χ0) is 35.5. The number of aromatic hydroxyl groups is 1. The summed E-state index contributed by atoms with van der Waals surface area (Å²) >= 11 is 0. The van der Waals surface area contributed by atoms with Gasteiger partial charge in [0.05, 0.1) is 24.2 Å². The Kier molecular flexibility index (Phi) is 9.19. The lowest BCUT2D eigenvalue weighted by atomic mass is 9.52. The Morgan fingerprint density at radius 2 is 1.79 bits per heavy atom. The van der Waals surface area contributed by atoms with E-state index in [2.05, 4.69) is 10.6 Å². The molecule has 3 unspecified atom stereocenters. The lowest BCUT2D eigenvalue weighted by Gasteiger charge is -2.54. The van der Waals surface area contributed by atoms with Gasteiger partial charge >= 0.3 is 6.03 Å². The Balaban J connectivity index is 1.56. The number of hydrogen-bond acceptors (Lipinski definition) is 10. The van der Waals surface area contributed by atoms with Gasteiger partial charge in [0, 0.05) is 29.6 Å². The van der Waals surface area contributed by atoms with Crippen LogP contribution < -0.4 is 21.1 Å². The maximum Gasteiger partial charge on any atom is 0.315 e. The van der Waals surface area contributed by atoms with Crippen LogP contribution >= 0.6 is 0 Å². The number of rotatable bonds is 7. The van der Waals surface area contributed by atoms with Gasteiger partial charge in [-0.05, 0) is 95.4 Å². The van der Waals surface area contributed by atoms with Crippen molar-refractivity contribution in [2.75, 3.05) is 20.7 Å². The molecule has 13 heteroatoms. The van der Waals surface area contributed by atoms with Crippen molar-refractivity contribution in [3.05, 3.63) is 47.0 Å². The molecule has 2 aromatic rings. The number of amides is 3. The zero-order valence-corrected chi connectivity index (χ0v) is 28.0. The van der Waals surface area contributed by atoms with E-state index in [1.165, 1.54) is 6.07 Å². The third-order valence-electron chi connectivity index (χ3n) is 9.77. The predicted molar refractivity (Wildman–Crippen MR) is 174 cm³/mol. The number of ether oxygens (including phenoxy) is 1. The largest absolute Gasteiger partial charge is 0.507 e. The van der Waals surface area contributed by atoms with Crippen LogP contribution in [-0.2, 0) is 27.3 Å². The first kappa shape index (κ1) is 35.0. The van der Waals surface area contributed by atoms with Gasteiger partial charge in [-0.3, -0.25) is 19.2 Å². The highest BCUT2D eigenvalue weighted by atomic mass is 16.5. The summed E-state index contributed by atoms with van der Waals surface area (Å²) in [6.07, 6.45) is -1.43. The van der Waals surface area contributed by atoms with Crippen molar-refractivity contribution < 1.29 is 44.0 Å². The zero-order valence-electron chi connectivity index (χ0n) is 28.0. The summed E-state index contributed by atoms with van der Waals surface area (Å²) in [7, 11) is 3.20. The van der Waals surface area contributed by atoms with E-state index in [1.54, 1.807) is 37.2 Å². The highest BCUT2D eigenvalue weighted by Gasteiger charge is 2.69. The number of aliphatic hydroxyl groups excluding tert-OH is 1. The standard InChI is InChI=1S/C35H44N4O9/c1-7-48-23-11-8-16(12-18(23)15-37-33(46)38-34(2,3)4)19-9-10-22(40)25-20(19)13-17-14-21-27(39(5)6)29(42)26(32(36)45)31(44)35(21,47)30(43)24(17)28(25)41/h8-12,17,21,24,26-27,29,40,42,47H,7,13-15H2,1-6H3,(H2,36,45)(H2,37,38,46)/t17-,21-,24?,26?,27-,29?,35-/m1/s1. The van der Waals surface area contributed by atoms with Gasteiger partial charge in [0.1, 0.15) is 17.4 Å². The number of aliphatic hydroxyl groups is 2. The minimum absolute atomic E-state index is 0.00560. The summed E-state index contributed by atoms with van der Waals surface area (Å²) in [4.78, 5) is 68.2. The van der Waals surface area contributed by atoms with E-state index < -0.39 is 70.2 Å². The molecule has 7 atom stereocenters. The smallest absolute Gasteiger partial charge is 0.315 e. The first-order chi connectivity index (χ1) is 22.4. The molecule has 2 fully saturated rings. The fourth-order valence-corrected chi connectivity index (χ4v) is 7.83. The monoisotopic (exact) mass is 664 g/mol. The first-order valence-corrected chi connectivity index (χ1v) is 16.1. The number of fused-ring (bicyclic) bond motifs is 3. The fourth-order valence-electron chi connectivity index (χ4n) is 7.83. The van der Waals surface area contributed by atoms with E-state index in [0.29, 0.717) is 34.6 Å². The van der Waals surface area contributed by atoms with Crippen molar-refractivity contribution in [3.8, 4) is 22.6 Å². The van der Waals surface area contributed by atoms with E-state index in [-0.39, 0.29) is 36.7 Å². The molecular weight excluding hydrogens is 620 g/mol. The second kappa shape index (κ2) is 12.6. The van der Waals surface area contributed by atoms with Gasteiger partial charge in [-0.2, -0.15) is 0 Å². The fraction of sp³-hybridized carbons (Fsp3) is 0.514. The molecular formula is C35H44N4O9. The number of primary amides is 1. The Morgan fingerprint density at radius 1 is 1.10 bits per heavy atom. The van der Waals surface area contributed by atoms with Gasteiger partial charge < -0.3 is 41.3 Å². The number of nitrogens with zero attached hydrogens (tertiary/aromatic N) is 1.